The summed E-state index contributed by atoms with van der Waals surface area (Å²) in [6.07, 6.45) is 1.26. The maximum Gasteiger partial charge on any atom is 0.264 e. The fourth-order valence-corrected chi connectivity index (χ4v) is 2.66. The van der Waals surface area contributed by atoms with Crippen LogP contribution in [0.15, 0.2) is 41.4 Å². The predicted molar refractivity (Wildman–Crippen MR) is 66.1 cm³/mol. The van der Waals surface area contributed by atoms with Crippen LogP contribution < -0.4 is 4.72 Å². The van der Waals surface area contributed by atoms with E-state index in [4.69, 9.17) is 5.26 Å². The molecule has 0 bridgehead atoms. The van der Waals surface area contributed by atoms with Crippen LogP contribution in [-0.2, 0) is 10.0 Å². The maximum absolute atomic E-state index is 13.0. The molecule has 1 N–H and O–H groups in total. The number of aromatic nitrogens is 1. The second-order valence-corrected chi connectivity index (χ2v) is 5.38. The van der Waals surface area contributed by atoms with Crippen molar-refractivity contribution in [3.63, 3.8) is 0 Å². The lowest BCUT2D eigenvalue weighted by Crippen LogP contribution is -2.15. The normalized spacial score (nSPS) is 10.8. The molecule has 1 heterocycles. The number of sulfonamides is 1. The maximum atomic E-state index is 13.0. The highest BCUT2D eigenvalue weighted by Crippen LogP contribution is 2.19. The molecule has 0 aliphatic carbocycles. The van der Waals surface area contributed by atoms with Crippen LogP contribution in [0.25, 0.3) is 0 Å². The van der Waals surface area contributed by atoms with E-state index in [1.54, 1.807) is 6.07 Å². The smallest absolute Gasteiger partial charge is 0.264 e. The summed E-state index contributed by atoms with van der Waals surface area (Å²) in [5.74, 6) is -1.84. The number of nitrogens with zero attached hydrogens (tertiary/aromatic N) is 2. The zero-order valence-electron chi connectivity index (χ0n) is 9.84. The monoisotopic (exact) mass is 295 g/mol. The van der Waals surface area contributed by atoms with E-state index < -0.39 is 21.7 Å². The summed E-state index contributed by atoms with van der Waals surface area (Å²) < 4.78 is 52.1. The molecular formula is C12H7F2N3O2S. The highest BCUT2D eigenvalue weighted by Gasteiger charge is 2.19. The van der Waals surface area contributed by atoms with Crippen molar-refractivity contribution in [2.45, 2.75) is 4.90 Å². The fourth-order valence-electron chi connectivity index (χ4n) is 1.51. The van der Waals surface area contributed by atoms with Crippen molar-refractivity contribution in [3.8, 4) is 6.07 Å². The second kappa shape index (κ2) is 5.22. The summed E-state index contributed by atoms with van der Waals surface area (Å²) in [6, 6.07) is 6.40. The molecule has 20 heavy (non-hydrogen) atoms. The molecule has 0 aliphatic heterocycles. The molecule has 2 rings (SSSR count). The molecule has 0 spiro atoms. The van der Waals surface area contributed by atoms with E-state index in [2.05, 4.69) is 4.98 Å². The van der Waals surface area contributed by atoms with E-state index in [1.165, 1.54) is 18.3 Å². The number of rotatable bonds is 3. The zero-order valence-corrected chi connectivity index (χ0v) is 10.7. The van der Waals surface area contributed by atoms with Gasteiger partial charge >= 0.3 is 0 Å². The van der Waals surface area contributed by atoms with E-state index in [0.717, 1.165) is 12.1 Å². The largest absolute Gasteiger partial charge is 0.279 e. The van der Waals surface area contributed by atoms with E-state index in [-0.39, 0.29) is 16.3 Å². The minimum Gasteiger partial charge on any atom is -0.279 e. The summed E-state index contributed by atoms with van der Waals surface area (Å²) >= 11 is 0. The van der Waals surface area contributed by atoms with E-state index in [0.29, 0.717) is 6.07 Å². The highest BCUT2D eigenvalue weighted by molar-refractivity contribution is 7.92. The summed E-state index contributed by atoms with van der Waals surface area (Å²) in [7, 11) is -4.16. The number of halogens is 2. The third-order valence-corrected chi connectivity index (χ3v) is 3.69. The Labute approximate surface area is 113 Å². The Bertz CT molecular complexity index is 780. The molecule has 1 aromatic carbocycles. The van der Waals surface area contributed by atoms with E-state index in [1.807, 2.05) is 4.72 Å². The Kier molecular flexibility index (Phi) is 3.63. The third kappa shape index (κ3) is 2.89. The Morgan fingerprint density at radius 1 is 1.20 bits per heavy atom. The van der Waals surface area contributed by atoms with Gasteiger partial charge in [0.25, 0.3) is 10.0 Å². The Morgan fingerprint density at radius 2 is 1.85 bits per heavy atom. The Morgan fingerprint density at radius 3 is 2.45 bits per heavy atom. The molecular weight excluding hydrogens is 288 g/mol. The van der Waals surface area contributed by atoms with Crippen molar-refractivity contribution in [1.82, 2.24) is 4.98 Å². The molecule has 0 radical (unpaired) electrons. The first-order valence-electron chi connectivity index (χ1n) is 5.26. The topological polar surface area (TPSA) is 82.8 Å². The second-order valence-electron chi connectivity index (χ2n) is 3.73. The van der Waals surface area contributed by atoms with Gasteiger partial charge in [-0.15, -0.1) is 0 Å². The molecule has 1 aromatic heterocycles. The average Bonchev–Trinajstić information content (AvgIpc) is 2.36. The van der Waals surface area contributed by atoms with Gasteiger partial charge in [-0.1, -0.05) is 0 Å². The fraction of sp³-hybridized carbons (Fsp3) is 0. The minimum atomic E-state index is -4.16. The van der Waals surface area contributed by atoms with Crippen molar-refractivity contribution in [2.24, 2.45) is 0 Å². The van der Waals surface area contributed by atoms with Crippen molar-refractivity contribution in [3.05, 3.63) is 53.9 Å². The number of benzene rings is 1. The molecule has 0 unspecified atom stereocenters. The predicted octanol–water partition coefficient (Wildman–Crippen LogP) is 2.03. The summed E-state index contributed by atoms with van der Waals surface area (Å²) in [4.78, 5) is 3.24. The first kappa shape index (κ1) is 13.9. The van der Waals surface area contributed by atoms with Gasteiger partial charge in [-0.3, -0.25) is 4.72 Å². The lowest BCUT2D eigenvalue weighted by atomic mass is 10.3. The molecule has 0 fully saturated rings. The third-order valence-electron chi connectivity index (χ3n) is 2.28. The van der Waals surface area contributed by atoms with Gasteiger partial charge in [-0.05, 0) is 24.3 Å². The summed E-state index contributed by atoms with van der Waals surface area (Å²) in [6.45, 7) is 0. The van der Waals surface area contributed by atoms with Crippen LogP contribution >= 0.6 is 0 Å². The number of pyridine rings is 1. The van der Waals surface area contributed by atoms with Gasteiger partial charge in [-0.25, -0.2) is 22.2 Å². The molecule has 0 aliphatic rings. The lowest BCUT2D eigenvalue weighted by molar-refractivity contribution is 0.584. The van der Waals surface area contributed by atoms with Crippen LogP contribution in [0.5, 0.6) is 0 Å². The van der Waals surface area contributed by atoms with Crippen molar-refractivity contribution in [2.75, 3.05) is 4.72 Å². The van der Waals surface area contributed by atoms with Gasteiger partial charge in [0.15, 0.2) is 5.69 Å². The van der Waals surface area contributed by atoms with Crippen LogP contribution in [0.4, 0.5) is 14.5 Å². The zero-order chi connectivity index (χ0) is 14.8. The minimum absolute atomic E-state index is 0.282. The van der Waals surface area contributed by atoms with Gasteiger partial charge in [0, 0.05) is 12.3 Å². The SMILES string of the molecule is N#Cc1ncccc1S(=O)(=O)Nc1cc(F)cc(F)c1. The number of hydrogen-bond donors (Lipinski definition) is 1. The molecule has 0 saturated carbocycles. The first-order chi connectivity index (χ1) is 9.42. The van der Waals surface area contributed by atoms with Gasteiger partial charge < -0.3 is 0 Å². The Balaban J connectivity index is 2.44. The van der Waals surface area contributed by atoms with Gasteiger partial charge in [-0.2, -0.15) is 5.26 Å². The number of anilines is 1. The number of hydrogen-bond acceptors (Lipinski definition) is 4. The lowest BCUT2D eigenvalue weighted by Gasteiger charge is -2.08. The van der Waals surface area contributed by atoms with Crippen LogP contribution in [0.2, 0.25) is 0 Å². The van der Waals surface area contributed by atoms with Crippen molar-refractivity contribution in [1.29, 1.82) is 5.26 Å². The highest BCUT2D eigenvalue weighted by atomic mass is 32.2. The van der Waals surface area contributed by atoms with E-state index >= 15 is 0 Å². The standard InChI is InChI=1S/C12H7F2N3O2S/c13-8-4-9(14)6-10(5-8)17-20(18,19)12-2-1-3-16-11(12)7-15/h1-6,17H. The molecule has 102 valence electrons. The number of nitriles is 1. The van der Waals surface area contributed by atoms with Crippen LogP contribution in [0, 0.1) is 23.0 Å². The first-order valence-corrected chi connectivity index (χ1v) is 6.75. The number of nitrogens with one attached hydrogen (secondary N) is 1. The molecule has 0 atom stereocenters. The van der Waals surface area contributed by atoms with Gasteiger partial charge in [0.05, 0.1) is 5.69 Å². The molecule has 0 saturated heterocycles. The van der Waals surface area contributed by atoms with Gasteiger partial charge in [0.2, 0.25) is 0 Å². The average molecular weight is 295 g/mol. The molecule has 2 aromatic rings. The molecule has 5 nitrogen and oxygen atoms in total. The Hall–Kier alpha value is -2.53. The quantitative estimate of drug-likeness (QED) is 0.939. The summed E-state index contributed by atoms with van der Waals surface area (Å²) in [5, 5.41) is 8.81. The van der Waals surface area contributed by atoms with Crippen LogP contribution in [-0.4, -0.2) is 13.4 Å². The van der Waals surface area contributed by atoms with Crippen LogP contribution in [0.1, 0.15) is 5.69 Å². The van der Waals surface area contributed by atoms with E-state index in [9.17, 15) is 17.2 Å². The molecule has 0 amide bonds. The van der Waals surface area contributed by atoms with Crippen molar-refractivity contribution < 1.29 is 17.2 Å². The summed E-state index contributed by atoms with van der Waals surface area (Å²) in [5.41, 5.74) is -0.591. The van der Waals surface area contributed by atoms with Crippen LogP contribution in [0.3, 0.4) is 0 Å². The van der Waals surface area contributed by atoms with Gasteiger partial charge in [0.1, 0.15) is 22.6 Å². The molecule has 8 heteroatoms. The van der Waals surface area contributed by atoms with Crippen molar-refractivity contribution >= 4 is 15.7 Å².